The van der Waals surface area contributed by atoms with Crippen LogP contribution >= 0.6 is 22.6 Å². The number of hydrogen-bond acceptors (Lipinski definition) is 2. The van der Waals surface area contributed by atoms with Crippen molar-refractivity contribution in [2.24, 2.45) is 5.92 Å². The van der Waals surface area contributed by atoms with Crippen molar-refractivity contribution in [3.63, 3.8) is 0 Å². The van der Waals surface area contributed by atoms with E-state index in [0.29, 0.717) is 11.5 Å². The van der Waals surface area contributed by atoms with Crippen molar-refractivity contribution in [2.45, 2.75) is 19.9 Å². The van der Waals surface area contributed by atoms with E-state index in [1.54, 1.807) is 12.3 Å². The summed E-state index contributed by atoms with van der Waals surface area (Å²) in [7, 11) is 0. The number of benzene rings is 1. The Labute approximate surface area is 126 Å². The van der Waals surface area contributed by atoms with Crippen LogP contribution < -0.4 is 5.32 Å². The molecule has 0 saturated carbocycles. The molecule has 0 spiro atoms. The smallest absolute Gasteiger partial charge is 0.252 e. The first kappa shape index (κ1) is 14.2. The van der Waals surface area contributed by atoms with Crippen LogP contribution in [0.5, 0.6) is 0 Å². The number of fused-ring (bicyclic) bond motifs is 1. The molecule has 0 radical (unpaired) electrons. The zero-order chi connectivity index (χ0) is 13.8. The van der Waals surface area contributed by atoms with E-state index in [-0.39, 0.29) is 11.9 Å². The number of hydrogen-bond donors (Lipinski definition) is 1. The molecule has 1 aromatic heterocycles. The van der Waals surface area contributed by atoms with Gasteiger partial charge in [-0.25, -0.2) is 0 Å². The van der Waals surface area contributed by atoms with Gasteiger partial charge in [0.15, 0.2) is 0 Å². The number of carbonyl (C=O) groups is 1. The van der Waals surface area contributed by atoms with E-state index in [9.17, 15) is 4.79 Å². The van der Waals surface area contributed by atoms with E-state index in [2.05, 4.69) is 46.7 Å². The van der Waals surface area contributed by atoms with Gasteiger partial charge >= 0.3 is 0 Å². The van der Waals surface area contributed by atoms with E-state index in [1.165, 1.54) is 0 Å². The SMILES string of the molecule is CC(C)C(CI)NC(=O)c1ccnc2ccccc12. The lowest BCUT2D eigenvalue weighted by Crippen LogP contribution is -2.39. The van der Waals surface area contributed by atoms with Crippen molar-refractivity contribution in [2.75, 3.05) is 4.43 Å². The van der Waals surface area contributed by atoms with Crippen LogP contribution in [0.25, 0.3) is 10.9 Å². The predicted molar refractivity (Wildman–Crippen MR) is 86.7 cm³/mol. The standard InChI is InChI=1S/C15H17IN2O/c1-10(2)14(9-16)18-15(19)12-7-8-17-13-6-4-3-5-11(12)13/h3-8,10,14H,9H2,1-2H3,(H,18,19). The fourth-order valence-electron chi connectivity index (χ4n) is 1.92. The molecule has 19 heavy (non-hydrogen) atoms. The third-order valence-electron chi connectivity index (χ3n) is 3.18. The molecule has 1 amide bonds. The molecule has 100 valence electrons. The number of aromatic nitrogens is 1. The third-order valence-corrected chi connectivity index (χ3v) is 4.13. The molecular weight excluding hydrogens is 351 g/mol. The molecule has 2 rings (SSSR count). The maximum absolute atomic E-state index is 12.4. The molecule has 1 atom stereocenters. The average Bonchev–Trinajstić information content (AvgIpc) is 2.43. The van der Waals surface area contributed by atoms with Crippen LogP contribution in [0.4, 0.5) is 0 Å². The lowest BCUT2D eigenvalue weighted by atomic mass is 10.0. The van der Waals surface area contributed by atoms with E-state index in [1.807, 2.05) is 24.3 Å². The molecule has 1 heterocycles. The Balaban J connectivity index is 2.31. The maximum Gasteiger partial charge on any atom is 0.252 e. The zero-order valence-corrected chi connectivity index (χ0v) is 13.2. The van der Waals surface area contributed by atoms with Crippen LogP contribution in [0.2, 0.25) is 0 Å². The summed E-state index contributed by atoms with van der Waals surface area (Å²) < 4.78 is 0.907. The third kappa shape index (κ3) is 3.23. The number of alkyl halides is 1. The molecule has 1 unspecified atom stereocenters. The van der Waals surface area contributed by atoms with Crippen LogP contribution in [-0.4, -0.2) is 21.4 Å². The van der Waals surface area contributed by atoms with E-state index in [0.717, 1.165) is 15.3 Å². The first-order valence-corrected chi connectivity index (χ1v) is 7.86. The van der Waals surface area contributed by atoms with E-state index >= 15 is 0 Å². The van der Waals surface area contributed by atoms with Gasteiger partial charge in [0.2, 0.25) is 0 Å². The molecule has 0 fully saturated rings. The molecule has 4 heteroatoms. The summed E-state index contributed by atoms with van der Waals surface area (Å²) in [5.41, 5.74) is 1.55. The summed E-state index contributed by atoms with van der Waals surface area (Å²) in [5.74, 6) is 0.405. The molecule has 0 bridgehead atoms. The number of rotatable bonds is 4. The summed E-state index contributed by atoms with van der Waals surface area (Å²) in [6.07, 6.45) is 1.69. The van der Waals surface area contributed by atoms with Crippen molar-refractivity contribution in [1.29, 1.82) is 0 Å². The topological polar surface area (TPSA) is 42.0 Å². The minimum atomic E-state index is -0.0195. The lowest BCUT2D eigenvalue weighted by Gasteiger charge is -2.20. The second kappa shape index (κ2) is 6.32. The van der Waals surface area contributed by atoms with Gasteiger partial charge in [-0.05, 0) is 18.1 Å². The monoisotopic (exact) mass is 368 g/mol. The molecule has 1 N–H and O–H groups in total. The van der Waals surface area contributed by atoms with E-state index in [4.69, 9.17) is 0 Å². The van der Waals surface area contributed by atoms with Gasteiger partial charge in [0.05, 0.1) is 11.1 Å². The van der Waals surface area contributed by atoms with Gasteiger partial charge in [-0.2, -0.15) is 0 Å². The second-order valence-electron chi connectivity index (χ2n) is 4.85. The lowest BCUT2D eigenvalue weighted by molar-refractivity contribution is 0.0934. The van der Waals surface area contributed by atoms with Gasteiger partial charge in [0.25, 0.3) is 5.91 Å². The Morgan fingerprint density at radius 1 is 1.32 bits per heavy atom. The number of amides is 1. The molecule has 0 saturated heterocycles. The second-order valence-corrected chi connectivity index (χ2v) is 5.73. The highest BCUT2D eigenvalue weighted by Crippen LogP contribution is 2.16. The van der Waals surface area contributed by atoms with Gasteiger partial charge in [0, 0.05) is 22.1 Å². The van der Waals surface area contributed by atoms with Crippen LogP contribution in [0.15, 0.2) is 36.5 Å². The maximum atomic E-state index is 12.4. The highest BCUT2D eigenvalue weighted by molar-refractivity contribution is 14.1. The van der Waals surface area contributed by atoms with Crippen molar-refractivity contribution in [1.82, 2.24) is 10.3 Å². The van der Waals surface area contributed by atoms with Crippen LogP contribution in [-0.2, 0) is 0 Å². The summed E-state index contributed by atoms with van der Waals surface area (Å²) in [5, 5.41) is 4.00. The minimum absolute atomic E-state index is 0.0195. The van der Waals surface area contributed by atoms with Crippen molar-refractivity contribution < 1.29 is 4.79 Å². The fraction of sp³-hybridized carbons (Fsp3) is 0.333. The zero-order valence-electron chi connectivity index (χ0n) is 11.1. The molecular formula is C15H17IN2O. The normalized spacial score (nSPS) is 12.6. The molecule has 0 aliphatic carbocycles. The van der Waals surface area contributed by atoms with Gasteiger partial charge in [-0.3, -0.25) is 9.78 Å². The highest BCUT2D eigenvalue weighted by Gasteiger charge is 2.17. The molecule has 1 aromatic carbocycles. The highest BCUT2D eigenvalue weighted by atomic mass is 127. The Morgan fingerprint density at radius 3 is 2.74 bits per heavy atom. The largest absolute Gasteiger partial charge is 0.348 e. The number of pyridine rings is 1. The van der Waals surface area contributed by atoms with Gasteiger partial charge < -0.3 is 5.32 Å². The molecule has 0 aliphatic rings. The van der Waals surface area contributed by atoms with Crippen molar-refractivity contribution >= 4 is 39.4 Å². The summed E-state index contributed by atoms with van der Waals surface area (Å²) in [4.78, 5) is 16.7. The minimum Gasteiger partial charge on any atom is -0.348 e. The van der Waals surface area contributed by atoms with Gasteiger partial charge in [-0.1, -0.05) is 54.6 Å². The van der Waals surface area contributed by atoms with Crippen molar-refractivity contribution in [3.05, 3.63) is 42.1 Å². The predicted octanol–water partition coefficient (Wildman–Crippen LogP) is 3.42. The summed E-state index contributed by atoms with van der Waals surface area (Å²) in [6, 6.07) is 9.69. The Kier molecular flexibility index (Phi) is 4.74. The number of halogens is 1. The van der Waals surface area contributed by atoms with Gasteiger partial charge in [-0.15, -0.1) is 0 Å². The van der Waals surface area contributed by atoms with Crippen molar-refractivity contribution in [3.8, 4) is 0 Å². The Hall–Kier alpha value is -1.17. The van der Waals surface area contributed by atoms with Gasteiger partial charge in [0.1, 0.15) is 0 Å². The van der Waals surface area contributed by atoms with E-state index < -0.39 is 0 Å². The Bertz CT molecular complexity index is 578. The first-order valence-electron chi connectivity index (χ1n) is 6.34. The quantitative estimate of drug-likeness (QED) is 0.664. The average molecular weight is 368 g/mol. The van der Waals surface area contributed by atoms with Crippen LogP contribution in [0, 0.1) is 5.92 Å². The summed E-state index contributed by atoms with van der Waals surface area (Å²) in [6.45, 7) is 4.24. The van der Waals surface area contributed by atoms with Crippen LogP contribution in [0.3, 0.4) is 0 Å². The molecule has 3 nitrogen and oxygen atoms in total. The molecule has 2 aromatic rings. The Morgan fingerprint density at radius 2 is 2.05 bits per heavy atom. The first-order chi connectivity index (χ1) is 9.13. The fourth-order valence-corrected chi connectivity index (χ4v) is 3.16. The number of para-hydroxylation sites is 1. The summed E-state index contributed by atoms with van der Waals surface area (Å²) >= 11 is 2.31. The van der Waals surface area contributed by atoms with Crippen LogP contribution in [0.1, 0.15) is 24.2 Å². The number of carbonyl (C=O) groups excluding carboxylic acids is 1. The molecule has 0 aliphatic heterocycles. The number of nitrogens with one attached hydrogen (secondary N) is 1. The number of nitrogens with zero attached hydrogens (tertiary/aromatic N) is 1.